The highest BCUT2D eigenvalue weighted by Crippen LogP contribution is 2.43. The Bertz CT molecular complexity index is 1640. The van der Waals surface area contributed by atoms with Gasteiger partial charge in [-0.3, -0.25) is 14.4 Å². The Morgan fingerprint density at radius 1 is 0.750 bits per heavy atom. The highest BCUT2D eigenvalue weighted by Gasteiger charge is 2.37. The minimum absolute atomic E-state index is 0.0898. The highest BCUT2D eigenvalue weighted by molar-refractivity contribution is 6.10. The first-order valence-electron chi connectivity index (χ1n) is 18.5. The Balaban J connectivity index is 0.000000162. The van der Waals surface area contributed by atoms with Gasteiger partial charge >= 0.3 is 0 Å². The molecule has 14 heteroatoms. The number of carboxylic acids is 1. The van der Waals surface area contributed by atoms with Crippen molar-refractivity contribution in [3.63, 3.8) is 0 Å². The van der Waals surface area contributed by atoms with Gasteiger partial charge in [-0.05, 0) is 99.6 Å². The number of ether oxygens (including phenoxy) is 2. The summed E-state index contributed by atoms with van der Waals surface area (Å²) < 4.78 is 11.8. The number of nitrogens with zero attached hydrogens (tertiary/aromatic N) is 4. The Labute approximate surface area is 305 Å². The molecule has 0 bridgehead atoms. The maximum absolute atomic E-state index is 12.0. The van der Waals surface area contributed by atoms with Gasteiger partial charge in [0.2, 0.25) is 0 Å². The number of rotatable bonds is 6. The smallest absolute Gasteiger partial charge is 0.300 e. The van der Waals surface area contributed by atoms with Crippen LogP contribution in [0.5, 0.6) is 11.5 Å². The van der Waals surface area contributed by atoms with Gasteiger partial charge in [0, 0.05) is 30.4 Å². The van der Waals surface area contributed by atoms with E-state index < -0.39 is 5.97 Å². The molecule has 8 rings (SSSR count). The molecule has 0 aromatic heterocycles. The van der Waals surface area contributed by atoms with Gasteiger partial charge in [0.15, 0.2) is 11.7 Å². The molecule has 2 aromatic carbocycles. The minimum atomic E-state index is -0.833. The predicted molar refractivity (Wildman–Crippen MR) is 203 cm³/mol. The maximum atomic E-state index is 12.0. The second-order valence-corrected chi connectivity index (χ2v) is 14.9. The molecule has 2 aliphatic carbocycles. The Kier molecular flexibility index (Phi) is 10.8. The number of carbonyl (C=O) groups excluding carboxylic acids is 2. The van der Waals surface area contributed by atoms with Crippen LogP contribution in [0.1, 0.15) is 110 Å². The van der Waals surface area contributed by atoms with Crippen LogP contribution in [0.2, 0.25) is 0 Å². The van der Waals surface area contributed by atoms with Crippen LogP contribution in [0, 0.1) is 0 Å². The van der Waals surface area contributed by atoms with Crippen molar-refractivity contribution in [3.8, 4) is 11.5 Å². The molecular weight excluding hydrogens is 664 g/mol. The highest BCUT2D eigenvalue weighted by atomic mass is 16.5. The van der Waals surface area contributed by atoms with Crippen molar-refractivity contribution in [2.75, 3.05) is 33.6 Å². The second kappa shape index (κ2) is 15.3. The number of anilines is 4. The summed E-state index contributed by atoms with van der Waals surface area (Å²) in [6, 6.07) is 9.04. The molecule has 2 aromatic rings. The SMILES string of the molecule is CC(=O)O.CC(C)c1cc2c(cc1NC1CCC1)N1C(=NNC(=O)[C@H]1C)CO2.CC(C)c1cc2c(cc1NC1CCC1)N1C(=NNC(=O)[C@H]1C)CO2. The van der Waals surface area contributed by atoms with Crippen molar-refractivity contribution in [2.45, 2.75) is 123 Å². The van der Waals surface area contributed by atoms with E-state index in [1.54, 1.807) is 0 Å². The van der Waals surface area contributed by atoms with E-state index in [1.165, 1.54) is 49.7 Å². The number of nitrogens with one attached hydrogen (secondary N) is 4. The van der Waals surface area contributed by atoms with Gasteiger partial charge in [0.05, 0.1) is 11.4 Å². The lowest BCUT2D eigenvalue weighted by molar-refractivity contribution is -0.134. The van der Waals surface area contributed by atoms with Crippen molar-refractivity contribution in [3.05, 3.63) is 35.4 Å². The van der Waals surface area contributed by atoms with Crippen LogP contribution in [-0.2, 0) is 14.4 Å². The number of hydrogen-bond donors (Lipinski definition) is 5. The standard InChI is InChI=1S/2C18H24N4O2.C2H4O2/c2*1-10(2)13-7-16-15(8-14(13)19-12-5-4-6-12)22-11(3)18(23)21-20-17(22)9-24-16;1-2(3)4/h2*7-8,10-12,19H,4-6,9H2,1-3H3,(H,21,23);1H3,(H,3,4)/t2*11-;/m11./s1. The van der Waals surface area contributed by atoms with Crippen LogP contribution in [0.4, 0.5) is 22.7 Å². The molecular formula is C38H52N8O6. The molecule has 6 aliphatic rings. The number of carbonyl (C=O) groups is 3. The van der Waals surface area contributed by atoms with Crippen LogP contribution in [0.25, 0.3) is 0 Å². The molecule has 4 aliphatic heterocycles. The average Bonchev–Trinajstić information content (AvgIpc) is 3.06. The third-order valence-corrected chi connectivity index (χ3v) is 10.3. The van der Waals surface area contributed by atoms with E-state index in [-0.39, 0.29) is 23.9 Å². The molecule has 0 radical (unpaired) electrons. The third kappa shape index (κ3) is 7.61. The molecule has 280 valence electrons. The van der Waals surface area contributed by atoms with Gasteiger partial charge in [-0.15, -0.1) is 0 Å². The Morgan fingerprint density at radius 2 is 1.12 bits per heavy atom. The van der Waals surface area contributed by atoms with Crippen molar-refractivity contribution in [2.24, 2.45) is 10.2 Å². The second-order valence-electron chi connectivity index (χ2n) is 14.9. The van der Waals surface area contributed by atoms with Crippen LogP contribution in [0.15, 0.2) is 34.5 Å². The average molecular weight is 717 g/mol. The minimum Gasteiger partial charge on any atom is -0.483 e. The number of carboxylic acid groups (broad SMARTS) is 1. The summed E-state index contributed by atoms with van der Waals surface area (Å²) in [4.78, 5) is 37.1. The van der Waals surface area contributed by atoms with Crippen molar-refractivity contribution in [1.82, 2.24) is 10.9 Å². The summed E-state index contributed by atoms with van der Waals surface area (Å²) in [5, 5.41) is 23.1. The molecule has 4 heterocycles. The van der Waals surface area contributed by atoms with E-state index in [1.807, 2.05) is 23.6 Å². The number of benzene rings is 2. The molecule has 2 amide bonds. The number of amidine groups is 2. The summed E-state index contributed by atoms with van der Waals surface area (Å²) >= 11 is 0. The van der Waals surface area contributed by atoms with Crippen molar-refractivity contribution in [1.29, 1.82) is 0 Å². The van der Waals surface area contributed by atoms with Gasteiger partial charge in [-0.2, -0.15) is 10.2 Å². The Morgan fingerprint density at radius 3 is 1.42 bits per heavy atom. The lowest BCUT2D eigenvalue weighted by Gasteiger charge is -2.39. The van der Waals surface area contributed by atoms with Gasteiger partial charge < -0.3 is 35.0 Å². The van der Waals surface area contributed by atoms with Gasteiger partial charge in [-0.1, -0.05) is 27.7 Å². The quantitative estimate of drug-likeness (QED) is 0.250. The van der Waals surface area contributed by atoms with E-state index >= 15 is 0 Å². The lowest BCUT2D eigenvalue weighted by atomic mass is 9.91. The fourth-order valence-corrected chi connectivity index (χ4v) is 6.93. The Hall–Kier alpha value is -5.01. The van der Waals surface area contributed by atoms with Gasteiger partial charge in [-0.25, -0.2) is 10.9 Å². The van der Waals surface area contributed by atoms with E-state index in [2.05, 4.69) is 83.6 Å². The summed E-state index contributed by atoms with van der Waals surface area (Å²) in [5.74, 6) is 2.96. The normalized spacial score (nSPS) is 21.6. The molecule has 2 atom stereocenters. The van der Waals surface area contributed by atoms with Gasteiger partial charge in [0.25, 0.3) is 17.8 Å². The summed E-state index contributed by atoms with van der Waals surface area (Å²) in [6.07, 6.45) is 7.48. The zero-order chi connectivity index (χ0) is 37.3. The lowest BCUT2D eigenvalue weighted by Crippen LogP contribution is -2.55. The molecule has 2 saturated carbocycles. The molecule has 0 spiro atoms. The van der Waals surface area contributed by atoms with Crippen molar-refractivity contribution < 1.29 is 29.0 Å². The van der Waals surface area contributed by atoms with Gasteiger partial charge in [0.1, 0.15) is 36.8 Å². The number of hydrazone groups is 2. The largest absolute Gasteiger partial charge is 0.483 e. The number of fused-ring (bicyclic) bond motifs is 6. The fraction of sp³-hybridized carbons (Fsp3) is 0.553. The zero-order valence-electron chi connectivity index (χ0n) is 31.2. The molecule has 52 heavy (non-hydrogen) atoms. The van der Waals surface area contributed by atoms with Crippen LogP contribution in [0.3, 0.4) is 0 Å². The van der Waals surface area contributed by atoms with Crippen LogP contribution < -0.4 is 40.8 Å². The maximum Gasteiger partial charge on any atom is 0.300 e. The molecule has 14 nitrogen and oxygen atoms in total. The first-order valence-corrected chi connectivity index (χ1v) is 18.5. The molecule has 0 unspecified atom stereocenters. The fourth-order valence-electron chi connectivity index (χ4n) is 6.93. The topological polar surface area (TPSA) is 169 Å². The number of aliphatic carboxylic acids is 1. The zero-order valence-corrected chi connectivity index (χ0v) is 31.2. The van der Waals surface area contributed by atoms with E-state index in [4.69, 9.17) is 19.4 Å². The van der Waals surface area contributed by atoms with E-state index in [0.29, 0.717) is 37.1 Å². The van der Waals surface area contributed by atoms with E-state index in [9.17, 15) is 9.59 Å². The first-order chi connectivity index (χ1) is 24.8. The van der Waals surface area contributed by atoms with Crippen molar-refractivity contribution >= 4 is 52.2 Å². The van der Waals surface area contributed by atoms with Crippen LogP contribution >= 0.6 is 0 Å². The summed E-state index contributed by atoms with van der Waals surface area (Å²) in [6.45, 7) is 14.4. The summed E-state index contributed by atoms with van der Waals surface area (Å²) in [5.41, 5.74) is 11.8. The third-order valence-electron chi connectivity index (χ3n) is 10.3. The number of hydrogen-bond acceptors (Lipinski definition) is 11. The van der Waals surface area contributed by atoms with Crippen LogP contribution in [-0.4, -0.2) is 71.9 Å². The predicted octanol–water partition coefficient (Wildman–Crippen LogP) is 5.70. The monoisotopic (exact) mass is 716 g/mol. The number of amides is 2. The molecule has 2 fully saturated rings. The summed E-state index contributed by atoms with van der Waals surface area (Å²) in [7, 11) is 0. The molecule has 5 N–H and O–H groups in total. The van der Waals surface area contributed by atoms with E-state index in [0.717, 1.165) is 52.8 Å². The molecule has 0 saturated heterocycles. The first kappa shape index (κ1) is 36.8.